The van der Waals surface area contributed by atoms with Crippen molar-refractivity contribution in [1.29, 1.82) is 5.26 Å². The Labute approximate surface area is 137 Å². The van der Waals surface area contributed by atoms with E-state index >= 15 is 4.39 Å². The van der Waals surface area contributed by atoms with Crippen molar-refractivity contribution in [3.8, 4) is 17.3 Å². The van der Waals surface area contributed by atoms with Gasteiger partial charge in [0, 0.05) is 29.9 Å². The van der Waals surface area contributed by atoms with Crippen molar-refractivity contribution in [3.05, 3.63) is 31.0 Å². The van der Waals surface area contributed by atoms with Crippen LogP contribution in [0.3, 0.4) is 0 Å². The molecule has 8 heteroatoms. The lowest BCUT2D eigenvalue weighted by Crippen LogP contribution is -2.37. The quantitative estimate of drug-likeness (QED) is 0.765. The fourth-order valence-corrected chi connectivity index (χ4v) is 3.30. The number of H-pyrrole nitrogens is 1. The van der Waals surface area contributed by atoms with Crippen LogP contribution in [-0.2, 0) is 0 Å². The monoisotopic (exact) mass is 325 g/mol. The lowest BCUT2D eigenvalue weighted by molar-refractivity contribution is 0.103. The molecule has 0 saturated carbocycles. The largest absolute Gasteiger partial charge is 0.346 e. The minimum Gasteiger partial charge on any atom is -0.346 e. The molecule has 0 radical (unpaired) electrons. The lowest BCUT2D eigenvalue weighted by Gasteiger charge is -2.27. The van der Waals surface area contributed by atoms with E-state index in [1.165, 1.54) is 6.33 Å². The maximum atomic E-state index is 15.2. The van der Waals surface area contributed by atoms with Gasteiger partial charge in [-0.25, -0.2) is 14.4 Å². The van der Waals surface area contributed by atoms with E-state index in [4.69, 9.17) is 5.26 Å². The molecule has 1 saturated heterocycles. The Bertz CT molecular complexity index is 900. The third kappa shape index (κ3) is 2.34. The van der Waals surface area contributed by atoms with Crippen LogP contribution in [0.2, 0.25) is 0 Å². The van der Waals surface area contributed by atoms with E-state index in [0.717, 1.165) is 22.3 Å². The first-order valence-corrected chi connectivity index (χ1v) is 7.80. The molecule has 0 aromatic carbocycles. The zero-order valence-electron chi connectivity index (χ0n) is 12.9. The third-order valence-electron chi connectivity index (χ3n) is 4.57. The van der Waals surface area contributed by atoms with Crippen LogP contribution in [0.5, 0.6) is 0 Å². The number of nitrogens with one attached hydrogen (secondary N) is 2. The first-order chi connectivity index (χ1) is 11.7. The van der Waals surface area contributed by atoms with Crippen LogP contribution in [0.4, 0.5) is 4.39 Å². The average Bonchev–Trinajstić information content (AvgIpc) is 3.32. The van der Waals surface area contributed by atoms with Gasteiger partial charge in [0.2, 0.25) is 0 Å². The summed E-state index contributed by atoms with van der Waals surface area (Å²) in [5.74, 6) is 0. The molecule has 1 aliphatic heterocycles. The number of hydrogen-bond acceptors (Lipinski definition) is 5. The first-order valence-electron chi connectivity index (χ1n) is 7.80. The van der Waals surface area contributed by atoms with Gasteiger partial charge < -0.3 is 10.3 Å². The Kier molecular flexibility index (Phi) is 3.50. The number of halogens is 1. The van der Waals surface area contributed by atoms with E-state index in [1.807, 2.05) is 6.07 Å². The Morgan fingerprint density at radius 3 is 3.17 bits per heavy atom. The number of nitrogens with zero attached hydrogens (tertiary/aromatic N) is 5. The molecular weight excluding hydrogens is 309 g/mol. The number of rotatable bonds is 4. The summed E-state index contributed by atoms with van der Waals surface area (Å²) in [6.07, 6.45) is 7.15. The second kappa shape index (κ2) is 5.69. The second-order valence-corrected chi connectivity index (χ2v) is 6.01. The third-order valence-corrected chi connectivity index (χ3v) is 4.57. The molecule has 2 atom stereocenters. The van der Waals surface area contributed by atoms with Gasteiger partial charge in [-0.2, -0.15) is 10.4 Å². The summed E-state index contributed by atoms with van der Waals surface area (Å²) < 4.78 is 16.7. The molecule has 2 unspecified atom stereocenters. The van der Waals surface area contributed by atoms with Gasteiger partial charge in [0.25, 0.3) is 0 Å². The highest BCUT2D eigenvalue weighted by molar-refractivity contribution is 5.89. The number of fused-ring (bicyclic) bond motifs is 1. The van der Waals surface area contributed by atoms with Gasteiger partial charge in [-0.1, -0.05) is 0 Å². The molecule has 0 aliphatic carbocycles. The van der Waals surface area contributed by atoms with Crippen molar-refractivity contribution in [1.82, 2.24) is 30.0 Å². The SMILES string of the molecule is N#CCC(n1cc(-c2ncnc3[nH]ccc23)cn1)C1(F)CCNC1. The molecule has 2 N–H and O–H groups in total. The summed E-state index contributed by atoms with van der Waals surface area (Å²) in [5, 5.41) is 17.3. The molecule has 7 nitrogen and oxygen atoms in total. The molecule has 122 valence electrons. The Balaban J connectivity index is 1.73. The first kappa shape index (κ1) is 14.8. The number of aromatic nitrogens is 5. The molecular formula is C16H16FN7. The summed E-state index contributed by atoms with van der Waals surface area (Å²) in [4.78, 5) is 11.5. The van der Waals surface area contributed by atoms with Crippen LogP contribution in [-0.4, -0.2) is 43.5 Å². The smallest absolute Gasteiger partial charge is 0.147 e. The standard InChI is InChI=1S/C16H16FN7/c17-16(3-6-19-9-16)13(1-4-18)24-8-11(7-23-24)14-12-2-5-20-15(12)22-10-21-14/h2,5,7-8,10,13,19H,1,3,6,9H2,(H,20,21,22). The van der Waals surface area contributed by atoms with Crippen LogP contribution < -0.4 is 5.32 Å². The Morgan fingerprint density at radius 2 is 2.38 bits per heavy atom. The number of hydrogen-bond donors (Lipinski definition) is 2. The van der Waals surface area contributed by atoms with Crippen molar-refractivity contribution in [2.24, 2.45) is 0 Å². The zero-order valence-corrected chi connectivity index (χ0v) is 12.9. The van der Waals surface area contributed by atoms with Crippen molar-refractivity contribution in [3.63, 3.8) is 0 Å². The second-order valence-electron chi connectivity index (χ2n) is 6.01. The van der Waals surface area contributed by atoms with E-state index in [-0.39, 0.29) is 13.0 Å². The number of alkyl halides is 1. The maximum Gasteiger partial charge on any atom is 0.147 e. The summed E-state index contributed by atoms with van der Waals surface area (Å²) in [6, 6.07) is 3.36. The van der Waals surface area contributed by atoms with Gasteiger partial charge in [0.1, 0.15) is 23.7 Å². The van der Waals surface area contributed by atoms with E-state index in [1.54, 1.807) is 23.3 Å². The fourth-order valence-electron chi connectivity index (χ4n) is 3.30. The topological polar surface area (TPSA) is 95.2 Å². The Morgan fingerprint density at radius 1 is 1.46 bits per heavy atom. The van der Waals surface area contributed by atoms with Gasteiger partial charge >= 0.3 is 0 Å². The molecule has 1 aliphatic rings. The minimum absolute atomic E-state index is 0.0721. The number of aromatic amines is 1. The highest BCUT2D eigenvalue weighted by atomic mass is 19.1. The molecule has 0 bridgehead atoms. The van der Waals surface area contributed by atoms with Crippen molar-refractivity contribution >= 4 is 11.0 Å². The van der Waals surface area contributed by atoms with Gasteiger partial charge in [-0.05, 0) is 19.0 Å². The average molecular weight is 325 g/mol. The van der Waals surface area contributed by atoms with Gasteiger partial charge in [-0.3, -0.25) is 4.68 Å². The van der Waals surface area contributed by atoms with E-state index in [0.29, 0.717) is 13.0 Å². The molecule has 4 heterocycles. The highest BCUT2D eigenvalue weighted by Gasteiger charge is 2.43. The zero-order chi connectivity index (χ0) is 16.6. The van der Waals surface area contributed by atoms with Crippen LogP contribution in [0.15, 0.2) is 31.0 Å². The lowest BCUT2D eigenvalue weighted by atomic mass is 9.93. The van der Waals surface area contributed by atoms with Crippen LogP contribution >= 0.6 is 0 Å². The fraction of sp³-hybridized carbons (Fsp3) is 0.375. The summed E-state index contributed by atoms with van der Waals surface area (Å²) >= 11 is 0. The van der Waals surface area contributed by atoms with Gasteiger partial charge in [0.05, 0.1) is 24.4 Å². The Hall–Kier alpha value is -2.79. The van der Waals surface area contributed by atoms with E-state index in [9.17, 15) is 0 Å². The van der Waals surface area contributed by atoms with Crippen LogP contribution in [0, 0.1) is 11.3 Å². The van der Waals surface area contributed by atoms with Crippen molar-refractivity contribution in [2.75, 3.05) is 13.1 Å². The minimum atomic E-state index is -1.46. The van der Waals surface area contributed by atoms with Crippen LogP contribution in [0.1, 0.15) is 18.9 Å². The molecule has 4 rings (SSSR count). The summed E-state index contributed by atoms with van der Waals surface area (Å²) in [7, 11) is 0. The van der Waals surface area contributed by atoms with Crippen molar-refractivity contribution < 1.29 is 4.39 Å². The predicted molar refractivity (Wildman–Crippen MR) is 85.7 cm³/mol. The maximum absolute atomic E-state index is 15.2. The van der Waals surface area contributed by atoms with E-state index < -0.39 is 11.7 Å². The molecule has 3 aromatic heterocycles. The molecule has 0 spiro atoms. The van der Waals surface area contributed by atoms with Crippen LogP contribution in [0.25, 0.3) is 22.3 Å². The van der Waals surface area contributed by atoms with Gasteiger partial charge in [0.15, 0.2) is 0 Å². The molecule has 1 fully saturated rings. The van der Waals surface area contributed by atoms with E-state index in [2.05, 4.69) is 31.4 Å². The molecule has 3 aromatic rings. The molecule has 24 heavy (non-hydrogen) atoms. The highest BCUT2D eigenvalue weighted by Crippen LogP contribution is 2.36. The van der Waals surface area contributed by atoms with Gasteiger partial charge in [-0.15, -0.1) is 0 Å². The number of nitriles is 1. The summed E-state index contributed by atoms with van der Waals surface area (Å²) in [6.45, 7) is 0.854. The normalized spacial score (nSPS) is 21.8. The predicted octanol–water partition coefficient (Wildman–Crippen LogP) is 1.98. The molecule has 0 amide bonds. The van der Waals surface area contributed by atoms with Crippen molar-refractivity contribution in [2.45, 2.75) is 24.6 Å². The summed E-state index contributed by atoms with van der Waals surface area (Å²) in [5.41, 5.74) is 0.789.